The van der Waals surface area contributed by atoms with Crippen molar-refractivity contribution in [3.8, 4) is 17.4 Å². The molecule has 0 spiro atoms. The number of ether oxygens (including phenoxy) is 1. The van der Waals surface area contributed by atoms with Crippen LogP contribution in [0.5, 0.6) is 17.4 Å². The third-order valence-corrected chi connectivity index (χ3v) is 4.62. The molecule has 1 aromatic carbocycles. The molecule has 0 fully saturated rings. The number of rotatable bonds is 3. The Morgan fingerprint density at radius 1 is 1.11 bits per heavy atom. The Bertz CT molecular complexity index is 1160. The topological polar surface area (TPSA) is 97.4 Å². The summed E-state index contributed by atoms with van der Waals surface area (Å²) in [5.74, 6) is 1.98. The minimum absolute atomic E-state index is 0.102. The molecule has 0 radical (unpaired) electrons. The van der Waals surface area contributed by atoms with Crippen molar-refractivity contribution in [2.45, 2.75) is 12.5 Å². The fourth-order valence-corrected chi connectivity index (χ4v) is 3.40. The average molecular weight is 361 g/mol. The second-order valence-electron chi connectivity index (χ2n) is 6.29. The summed E-state index contributed by atoms with van der Waals surface area (Å²) in [5, 5.41) is 18.6. The van der Waals surface area contributed by atoms with Gasteiger partial charge < -0.3 is 23.2 Å². The molecule has 1 aliphatic rings. The first kappa shape index (κ1) is 15.5. The zero-order valence-corrected chi connectivity index (χ0v) is 14.1. The number of fused-ring (bicyclic) bond motifs is 2. The molecule has 0 amide bonds. The minimum atomic E-state index is -0.358. The van der Waals surface area contributed by atoms with Crippen molar-refractivity contribution in [2.24, 2.45) is 0 Å². The van der Waals surface area contributed by atoms with Gasteiger partial charge in [0, 0.05) is 11.6 Å². The summed E-state index contributed by atoms with van der Waals surface area (Å²) in [6.07, 6.45) is 4.75. The number of phenols is 1. The molecule has 134 valence electrons. The summed E-state index contributed by atoms with van der Waals surface area (Å²) in [6.45, 7) is 0.388. The summed E-state index contributed by atoms with van der Waals surface area (Å²) >= 11 is 0. The van der Waals surface area contributed by atoms with E-state index >= 15 is 0 Å². The van der Waals surface area contributed by atoms with Gasteiger partial charge in [0.2, 0.25) is 5.88 Å². The maximum absolute atomic E-state index is 9.82. The molecule has 0 aliphatic carbocycles. The standard InChI is InChI=1S/C20H15N3O4/c21-19-18-17(15-4-2-8-26-15)14-6-5-12(24)9-16(14)27-20(18)22-11-23(19)10-13-3-1-7-25-13/h1-9,11,17,21,24H,10H2/t17-/m0/s1. The molecule has 4 heterocycles. The molecule has 5 rings (SSSR count). The van der Waals surface area contributed by atoms with E-state index in [1.54, 1.807) is 47.7 Å². The lowest BCUT2D eigenvalue weighted by Gasteiger charge is -2.27. The number of hydrogen-bond acceptors (Lipinski definition) is 6. The molecule has 0 saturated carbocycles. The largest absolute Gasteiger partial charge is 0.508 e. The number of nitrogens with one attached hydrogen (secondary N) is 1. The van der Waals surface area contributed by atoms with Crippen LogP contribution in [-0.4, -0.2) is 14.7 Å². The highest BCUT2D eigenvalue weighted by Crippen LogP contribution is 2.45. The number of aromatic nitrogens is 2. The first-order chi connectivity index (χ1) is 13.2. The van der Waals surface area contributed by atoms with Crippen molar-refractivity contribution < 1.29 is 18.7 Å². The molecule has 27 heavy (non-hydrogen) atoms. The van der Waals surface area contributed by atoms with E-state index in [0.29, 0.717) is 29.5 Å². The van der Waals surface area contributed by atoms with Gasteiger partial charge in [-0.25, -0.2) is 4.98 Å². The van der Waals surface area contributed by atoms with Crippen LogP contribution in [0, 0.1) is 5.41 Å². The lowest BCUT2D eigenvalue weighted by molar-refractivity contribution is 0.399. The number of nitrogens with zero attached hydrogens (tertiary/aromatic N) is 2. The minimum Gasteiger partial charge on any atom is -0.508 e. The van der Waals surface area contributed by atoms with Gasteiger partial charge in [0.25, 0.3) is 0 Å². The van der Waals surface area contributed by atoms with E-state index in [9.17, 15) is 5.11 Å². The van der Waals surface area contributed by atoms with Crippen LogP contribution >= 0.6 is 0 Å². The van der Waals surface area contributed by atoms with E-state index in [1.807, 2.05) is 18.2 Å². The summed E-state index contributed by atoms with van der Waals surface area (Å²) in [6, 6.07) is 12.3. The van der Waals surface area contributed by atoms with Crippen LogP contribution in [0.2, 0.25) is 0 Å². The van der Waals surface area contributed by atoms with Gasteiger partial charge in [0.1, 0.15) is 34.8 Å². The second kappa shape index (κ2) is 5.91. The van der Waals surface area contributed by atoms with E-state index in [2.05, 4.69) is 4.98 Å². The third kappa shape index (κ3) is 2.52. The Morgan fingerprint density at radius 3 is 2.74 bits per heavy atom. The smallest absolute Gasteiger partial charge is 0.228 e. The summed E-state index contributed by atoms with van der Waals surface area (Å²) < 4.78 is 18.6. The molecular weight excluding hydrogens is 346 g/mol. The fourth-order valence-electron chi connectivity index (χ4n) is 3.40. The molecule has 1 aliphatic heterocycles. The van der Waals surface area contributed by atoms with Gasteiger partial charge in [-0.2, -0.15) is 0 Å². The SMILES string of the molecule is N=c1c2c(ncn1Cc1ccco1)Oc1cc(O)ccc1[C@H]2c1ccco1. The zero-order chi connectivity index (χ0) is 18.4. The van der Waals surface area contributed by atoms with Gasteiger partial charge >= 0.3 is 0 Å². The summed E-state index contributed by atoms with van der Waals surface area (Å²) in [7, 11) is 0. The molecule has 2 N–H and O–H groups in total. The van der Waals surface area contributed by atoms with E-state index in [0.717, 1.165) is 11.3 Å². The van der Waals surface area contributed by atoms with Crippen molar-refractivity contribution in [1.82, 2.24) is 9.55 Å². The molecular formula is C20H15N3O4. The number of hydrogen-bond donors (Lipinski definition) is 2. The van der Waals surface area contributed by atoms with Gasteiger partial charge in [-0.05, 0) is 30.3 Å². The van der Waals surface area contributed by atoms with Gasteiger partial charge in [-0.1, -0.05) is 6.07 Å². The van der Waals surface area contributed by atoms with Crippen molar-refractivity contribution in [2.75, 3.05) is 0 Å². The number of aromatic hydroxyl groups is 1. The summed E-state index contributed by atoms with van der Waals surface area (Å²) in [4.78, 5) is 4.41. The Morgan fingerprint density at radius 2 is 1.96 bits per heavy atom. The van der Waals surface area contributed by atoms with Crippen LogP contribution in [-0.2, 0) is 6.54 Å². The molecule has 1 atom stereocenters. The van der Waals surface area contributed by atoms with Crippen LogP contribution < -0.4 is 10.2 Å². The molecule has 0 unspecified atom stereocenters. The van der Waals surface area contributed by atoms with E-state index in [-0.39, 0.29) is 17.2 Å². The number of benzene rings is 1. The maximum Gasteiger partial charge on any atom is 0.228 e. The molecule has 0 saturated heterocycles. The normalized spacial score (nSPS) is 15.0. The molecule has 0 bridgehead atoms. The lowest BCUT2D eigenvalue weighted by Crippen LogP contribution is -2.29. The molecule has 3 aromatic heterocycles. The van der Waals surface area contributed by atoms with Gasteiger partial charge in [0.15, 0.2) is 0 Å². The highest BCUT2D eigenvalue weighted by molar-refractivity contribution is 5.55. The third-order valence-electron chi connectivity index (χ3n) is 4.62. The van der Waals surface area contributed by atoms with Crippen molar-refractivity contribution in [3.63, 3.8) is 0 Å². The Labute approximate surface area is 153 Å². The van der Waals surface area contributed by atoms with Crippen LogP contribution in [0.15, 0.2) is 70.2 Å². The predicted molar refractivity (Wildman–Crippen MR) is 93.7 cm³/mol. The first-order valence-electron chi connectivity index (χ1n) is 8.41. The number of furan rings is 2. The van der Waals surface area contributed by atoms with Crippen LogP contribution in [0.1, 0.15) is 28.6 Å². The molecule has 7 nitrogen and oxygen atoms in total. The maximum atomic E-state index is 9.82. The van der Waals surface area contributed by atoms with E-state index < -0.39 is 0 Å². The van der Waals surface area contributed by atoms with Gasteiger partial charge in [-0.15, -0.1) is 0 Å². The predicted octanol–water partition coefficient (Wildman–Crippen LogP) is 3.59. The first-order valence-corrected chi connectivity index (χ1v) is 8.41. The Balaban J connectivity index is 1.70. The van der Waals surface area contributed by atoms with Crippen LogP contribution in [0.3, 0.4) is 0 Å². The quantitative estimate of drug-likeness (QED) is 0.512. The zero-order valence-electron chi connectivity index (χ0n) is 14.1. The van der Waals surface area contributed by atoms with Crippen LogP contribution in [0.4, 0.5) is 0 Å². The van der Waals surface area contributed by atoms with Crippen molar-refractivity contribution >= 4 is 0 Å². The number of phenolic OH excluding ortho intramolecular Hbond substituents is 1. The highest BCUT2D eigenvalue weighted by atomic mass is 16.5. The Hall–Kier alpha value is -3.74. The summed E-state index contributed by atoms with van der Waals surface area (Å²) in [5.41, 5.74) is 1.68. The average Bonchev–Trinajstić information content (AvgIpc) is 3.36. The van der Waals surface area contributed by atoms with E-state index in [1.165, 1.54) is 0 Å². The molecule has 4 aromatic rings. The fraction of sp³-hybridized carbons (Fsp3) is 0.100. The van der Waals surface area contributed by atoms with Crippen molar-refractivity contribution in [1.29, 1.82) is 5.41 Å². The van der Waals surface area contributed by atoms with Crippen LogP contribution in [0.25, 0.3) is 0 Å². The lowest BCUT2D eigenvalue weighted by atomic mass is 9.87. The van der Waals surface area contributed by atoms with Gasteiger partial charge in [0.05, 0.1) is 30.6 Å². The second-order valence-corrected chi connectivity index (χ2v) is 6.29. The highest BCUT2D eigenvalue weighted by Gasteiger charge is 2.34. The Kier molecular flexibility index (Phi) is 3.39. The monoisotopic (exact) mass is 361 g/mol. The van der Waals surface area contributed by atoms with Gasteiger partial charge in [-0.3, -0.25) is 5.41 Å². The van der Waals surface area contributed by atoms with E-state index in [4.69, 9.17) is 19.0 Å². The molecule has 7 heteroatoms. The van der Waals surface area contributed by atoms with Crippen molar-refractivity contribution in [3.05, 3.63) is 89.5 Å².